The van der Waals surface area contributed by atoms with E-state index >= 15 is 0 Å². The molecular formula is C14H11N3O2. The van der Waals surface area contributed by atoms with E-state index in [1.165, 1.54) is 12.3 Å². The Labute approximate surface area is 110 Å². The highest BCUT2D eigenvalue weighted by atomic mass is 16.4. The van der Waals surface area contributed by atoms with Crippen molar-refractivity contribution in [3.05, 3.63) is 53.2 Å². The van der Waals surface area contributed by atoms with E-state index in [0.29, 0.717) is 11.4 Å². The molecule has 0 saturated carbocycles. The van der Waals surface area contributed by atoms with Crippen LogP contribution in [0, 0.1) is 18.3 Å². The van der Waals surface area contributed by atoms with Crippen molar-refractivity contribution in [1.82, 2.24) is 4.98 Å². The zero-order chi connectivity index (χ0) is 13.8. The van der Waals surface area contributed by atoms with E-state index in [0.717, 1.165) is 11.3 Å². The zero-order valence-corrected chi connectivity index (χ0v) is 10.2. The Morgan fingerprint density at radius 1 is 1.37 bits per heavy atom. The van der Waals surface area contributed by atoms with Gasteiger partial charge in [0.05, 0.1) is 17.2 Å². The Balaban J connectivity index is 2.26. The third kappa shape index (κ3) is 2.87. The van der Waals surface area contributed by atoms with Crippen molar-refractivity contribution in [2.75, 3.05) is 5.32 Å². The van der Waals surface area contributed by atoms with E-state index in [4.69, 9.17) is 10.4 Å². The number of aromatic nitrogens is 1. The summed E-state index contributed by atoms with van der Waals surface area (Å²) in [4.78, 5) is 14.7. The predicted octanol–water partition coefficient (Wildman–Crippen LogP) is 2.70. The van der Waals surface area contributed by atoms with Gasteiger partial charge in [0, 0.05) is 11.9 Å². The zero-order valence-electron chi connectivity index (χ0n) is 10.2. The van der Waals surface area contributed by atoms with Crippen molar-refractivity contribution >= 4 is 17.5 Å². The average molecular weight is 253 g/mol. The minimum atomic E-state index is -1.01. The first kappa shape index (κ1) is 12.6. The van der Waals surface area contributed by atoms with E-state index < -0.39 is 5.97 Å². The molecular weight excluding hydrogens is 242 g/mol. The lowest BCUT2D eigenvalue weighted by Crippen LogP contribution is -2.00. The van der Waals surface area contributed by atoms with Crippen LogP contribution in [-0.4, -0.2) is 16.1 Å². The number of anilines is 2. The highest BCUT2D eigenvalue weighted by Crippen LogP contribution is 2.20. The summed E-state index contributed by atoms with van der Waals surface area (Å²) in [6.45, 7) is 1.91. The molecule has 0 bridgehead atoms. The number of nitrogens with zero attached hydrogens (tertiary/aromatic N) is 2. The van der Waals surface area contributed by atoms with Crippen molar-refractivity contribution in [3.63, 3.8) is 0 Å². The Morgan fingerprint density at radius 2 is 2.16 bits per heavy atom. The van der Waals surface area contributed by atoms with Gasteiger partial charge in [0.15, 0.2) is 0 Å². The number of carboxylic acid groups (broad SMARTS) is 1. The van der Waals surface area contributed by atoms with Gasteiger partial charge in [-0.2, -0.15) is 5.26 Å². The summed E-state index contributed by atoms with van der Waals surface area (Å²) in [6, 6.07) is 10.4. The van der Waals surface area contributed by atoms with E-state index in [2.05, 4.69) is 16.4 Å². The number of nitrogens with one attached hydrogen (secondary N) is 1. The van der Waals surface area contributed by atoms with Gasteiger partial charge < -0.3 is 10.4 Å². The number of nitriles is 1. The van der Waals surface area contributed by atoms with Crippen LogP contribution in [0.3, 0.4) is 0 Å². The Bertz CT molecular complexity index is 657. The van der Waals surface area contributed by atoms with Crippen molar-refractivity contribution in [2.45, 2.75) is 6.92 Å². The first-order chi connectivity index (χ1) is 9.10. The molecule has 2 aromatic rings. The first-order valence-electron chi connectivity index (χ1n) is 5.57. The summed E-state index contributed by atoms with van der Waals surface area (Å²) >= 11 is 0. The molecule has 0 amide bonds. The molecule has 0 radical (unpaired) electrons. The second-order valence-electron chi connectivity index (χ2n) is 4.00. The van der Waals surface area contributed by atoms with Crippen molar-refractivity contribution < 1.29 is 9.90 Å². The molecule has 1 heterocycles. The number of pyridine rings is 1. The molecule has 0 aliphatic heterocycles. The molecule has 2 rings (SSSR count). The molecule has 0 fully saturated rings. The normalized spacial score (nSPS) is 9.68. The standard InChI is InChI=1S/C14H11N3O2/c1-9-2-3-10(7-15)6-12(9)17-13-5-4-11(8-16-13)14(18)19/h2-6,8H,1H3,(H,16,17)(H,18,19). The summed E-state index contributed by atoms with van der Waals surface area (Å²) in [6.07, 6.45) is 1.29. The maximum Gasteiger partial charge on any atom is 0.337 e. The average Bonchev–Trinajstić information content (AvgIpc) is 2.42. The third-order valence-corrected chi connectivity index (χ3v) is 2.64. The summed E-state index contributed by atoms with van der Waals surface area (Å²) < 4.78 is 0. The van der Waals surface area contributed by atoms with Gasteiger partial charge in [-0.25, -0.2) is 9.78 Å². The number of rotatable bonds is 3. The van der Waals surface area contributed by atoms with Crippen LogP contribution < -0.4 is 5.32 Å². The van der Waals surface area contributed by atoms with Gasteiger partial charge in [-0.1, -0.05) is 6.07 Å². The number of aryl methyl sites for hydroxylation is 1. The van der Waals surface area contributed by atoms with Crippen molar-refractivity contribution in [1.29, 1.82) is 5.26 Å². The molecule has 19 heavy (non-hydrogen) atoms. The third-order valence-electron chi connectivity index (χ3n) is 2.64. The second kappa shape index (κ2) is 5.19. The fourth-order valence-electron chi connectivity index (χ4n) is 1.56. The van der Waals surface area contributed by atoms with Crippen LogP contribution >= 0.6 is 0 Å². The number of hydrogen-bond acceptors (Lipinski definition) is 4. The lowest BCUT2D eigenvalue weighted by Gasteiger charge is -2.09. The molecule has 1 aromatic carbocycles. The van der Waals surface area contributed by atoms with Crippen molar-refractivity contribution in [2.24, 2.45) is 0 Å². The van der Waals surface area contributed by atoms with E-state index in [1.54, 1.807) is 18.2 Å². The number of aromatic carboxylic acids is 1. The highest BCUT2D eigenvalue weighted by Gasteiger charge is 2.05. The molecule has 0 aliphatic carbocycles. The van der Waals surface area contributed by atoms with E-state index in [9.17, 15) is 4.79 Å². The lowest BCUT2D eigenvalue weighted by atomic mass is 10.1. The van der Waals surface area contributed by atoms with Crippen LogP contribution in [0.1, 0.15) is 21.5 Å². The minimum absolute atomic E-state index is 0.132. The summed E-state index contributed by atoms with van der Waals surface area (Å²) in [7, 11) is 0. The number of carboxylic acids is 1. The number of hydrogen-bond donors (Lipinski definition) is 2. The molecule has 0 saturated heterocycles. The molecule has 5 heteroatoms. The quantitative estimate of drug-likeness (QED) is 0.878. The van der Waals surface area contributed by atoms with Gasteiger partial charge >= 0.3 is 5.97 Å². The minimum Gasteiger partial charge on any atom is -0.478 e. The van der Waals surface area contributed by atoms with Gasteiger partial charge in [0.2, 0.25) is 0 Å². The molecule has 5 nitrogen and oxygen atoms in total. The van der Waals surface area contributed by atoms with Crippen LogP contribution in [0.5, 0.6) is 0 Å². The van der Waals surface area contributed by atoms with Crippen LogP contribution in [0.25, 0.3) is 0 Å². The summed E-state index contributed by atoms with van der Waals surface area (Å²) in [5.74, 6) is -0.482. The van der Waals surface area contributed by atoms with E-state index in [-0.39, 0.29) is 5.56 Å². The molecule has 0 spiro atoms. The van der Waals surface area contributed by atoms with Gasteiger partial charge in [-0.05, 0) is 36.8 Å². The Hall–Kier alpha value is -2.87. The SMILES string of the molecule is Cc1ccc(C#N)cc1Nc1ccc(C(=O)O)cn1. The summed E-state index contributed by atoms with van der Waals surface area (Å²) in [5, 5.41) is 20.7. The fraction of sp³-hybridized carbons (Fsp3) is 0.0714. The largest absolute Gasteiger partial charge is 0.478 e. The fourth-order valence-corrected chi connectivity index (χ4v) is 1.56. The van der Waals surface area contributed by atoms with Crippen LogP contribution in [0.2, 0.25) is 0 Å². The molecule has 0 atom stereocenters. The lowest BCUT2D eigenvalue weighted by molar-refractivity contribution is 0.0696. The van der Waals surface area contributed by atoms with Gasteiger partial charge in [0.25, 0.3) is 0 Å². The topological polar surface area (TPSA) is 86.0 Å². The predicted molar refractivity (Wildman–Crippen MR) is 70.4 cm³/mol. The van der Waals surface area contributed by atoms with Gasteiger partial charge in [-0.3, -0.25) is 0 Å². The Morgan fingerprint density at radius 3 is 2.74 bits per heavy atom. The van der Waals surface area contributed by atoms with Gasteiger partial charge in [-0.15, -0.1) is 0 Å². The maximum absolute atomic E-state index is 10.7. The summed E-state index contributed by atoms with van der Waals surface area (Å²) in [5.41, 5.74) is 2.43. The van der Waals surface area contributed by atoms with Gasteiger partial charge in [0.1, 0.15) is 5.82 Å². The van der Waals surface area contributed by atoms with Crippen LogP contribution in [0.15, 0.2) is 36.5 Å². The molecule has 0 unspecified atom stereocenters. The molecule has 94 valence electrons. The van der Waals surface area contributed by atoms with Crippen LogP contribution in [0.4, 0.5) is 11.5 Å². The monoisotopic (exact) mass is 253 g/mol. The molecule has 1 aromatic heterocycles. The molecule has 2 N–H and O–H groups in total. The smallest absolute Gasteiger partial charge is 0.337 e. The number of carbonyl (C=O) groups is 1. The highest BCUT2D eigenvalue weighted by molar-refractivity contribution is 5.87. The van der Waals surface area contributed by atoms with Crippen LogP contribution in [-0.2, 0) is 0 Å². The Kier molecular flexibility index (Phi) is 3.44. The van der Waals surface area contributed by atoms with Crippen molar-refractivity contribution in [3.8, 4) is 6.07 Å². The maximum atomic E-state index is 10.7. The second-order valence-corrected chi connectivity index (χ2v) is 4.00. The molecule has 0 aliphatic rings. The first-order valence-corrected chi connectivity index (χ1v) is 5.57. The number of benzene rings is 1. The van der Waals surface area contributed by atoms with E-state index in [1.807, 2.05) is 13.0 Å².